The molecule has 0 saturated heterocycles. The first-order valence-corrected chi connectivity index (χ1v) is 5.78. The average Bonchev–Trinajstić information content (AvgIpc) is 2.10. The minimum atomic E-state index is -0.330. The third-order valence-corrected chi connectivity index (χ3v) is 2.25. The quantitative estimate of drug-likeness (QED) is 0.444. The fraction of sp³-hybridized carbons (Fsp3) is 1.00. The Kier molecular flexibility index (Phi) is 11.3. The maximum Gasteiger partial charge on any atom is 0.430 e. The van der Waals surface area contributed by atoms with Crippen LogP contribution in [0.5, 0.6) is 0 Å². The largest absolute Gasteiger partial charge is 0.430 e. The molecule has 0 aromatic heterocycles. The van der Waals surface area contributed by atoms with Gasteiger partial charge in [-0.2, -0.15) is 0 Å². The van der Waals surface area contributed by atoms with Crippen molar-refractivity contribution < 1.29 is 9.22 Å². The molecule has 0 bridgehead atoms. The van der Waals surface area contributed by atoms with Crippen LogP contribution >= 0.6 is 0 Å². The van der Waals surface area contributed by atoms with Crippen LogP contribution in [0, 0.1) is 0 Å². The van der Waals surface area contributed by atoms with E-state index in [1.165, 1.54) is 38.5 Å². The van der Waals surface area contributed by atoms with Crippen LogP contribution in [0.3, 0.4) is 0 Å². The molecule has 0 spiro atoms. The lowest BCUT2D eigenvalue weighted by molar-refractivity contribution is 0.274. The van der Waals surface area contributed by atoms with E-state index in [0.29, 0.717) is 0 Å². The molecule has 0 saturated carbocycles. The van der Waals surface area contributed by atoms with Gasteiger partial charge in [0.05, 0.1) is 0 Å². The molecule has 0 heterocycles. The van der Waals surface area contributed by atoms with E-state index in [0.717, 1.165) is 13.0 Å². The molecule has 3 heteroatoms. The molecule has 0 aliphatic heterocycles. The summed E-state index contributed by atoms with van der Waals surface area (Å²) in [6, 6.07) is 0. The predicted molar refractivity (Wildman–Crippen MR) is 51.9 cm³/mol. The fourth-order valence-corrected chi connectivity index (χ4v) is 1.41. The summed E-state index contributed by atoms with van der Waals surface area (Å²) >= 11 is 0. The summed E-state index contributed by atoms with van der Waals surface area (Å²) in [6.07, 6.45) is 9.07. The highest BCUT2D eigenvalue weighted by Crippen LogP contribution is 2.06. The molecule has 2 nitrogen and oxygen atoms in total. The number of hydrogen-bond acceptors (Lipinski definition) is 2. The molecule has 1 N–H and O–H groups in total. The van der Waals surface area contributed by atoms with Crippen molar-refractivity contribution >= 4 is 10.0 Å². The zero-order chi connectivity index (χ0) is 9.07. The van der Waals surface area contributed by atoms with Gasteiger partial charge in [-0.1, -0.05) is 45.4 Å². The van der Waals surface area contributed by atoms with Gasteiger partial charge in [0.1, 0.15) is 0 Å². The summed E-state index contributed by atoms with van der Waals surface area (Å²) < 4.78 is 4.84. The second-order valence-electron chi connectivity index (χ2n) is 3.06. The predicted octanol–water partition coefficient (Wildman–Crippen LogP) is 2.28. The van der Waals surface area contributed by atoms with Gasteiger partial charge in [-0.15, -0.1) is 0 Å². The van der Waals surface area contributed by atoms with Gasteiger partial charge in [0, 0.05) is 6.61 Å². The second kappa shape index (κ2) is 11.1. The number of unbranched alkanes of at least 4 members (excludes halogenated alkanes) is 6. The molecule has 0 fully saturated rings. The molecule has 0 rings (SSSR count). The minimum Gasteiger partial charge on any atom is -0.409 e. The maximum atomic E-state index is 8.34. The van der Waals surface area contributed by atoms with E-state index < -0.39 is 0 Å². The van der Waals surface area contributed by atoms with Gasteiger partial charge < -0.3 is 9.22 Å². The monoisotopic (exact) mass is 188 g/mol. The van der Waals surface area contributed by atoms with E-state index >= 15 is 0 Å². The highest BCUT2D eigenvalue weighted by Gasteiger charge is 1.90. The van der Waals surface area contributed by atoms with Crippen LogP contribution < -0.4 is 0 Å². The Morgan fingerprint density at radius 2 is 1.58 bits per heavy atom. The van der Waals surface area contributed by atoms with E-state index in [9.17, 15) is 0 Å². The summed E-state index contributed by atoms with van der Waals surface area (Å²) in [4.78, 5) is 8.34. The van der Waals surface area contributed by atoms with Crippen LogP contribution in [-0.4, -0.2) is 21.4 Å². The van der Waals surface area contributed by atoms with Gasteiger partial charge in [0.2, 0.25) is 0 Å². The molecule has 2 radical (unpaired) electrons. The Morgan fingerprint density at radius 3 is 2.17 bits per heavy atom. The molecule has 0 atom stereocenters. The minimum absolute atomic E-state index is 0.330. The van der Waals surface area contributed by atoms with Crippen LogP contribution in [-0.2, 0) is 4.43 Å². The third kappa shape index (κ3) is 10.1. The van der Waals surface area contributed by atoms with Gasteiger partial charge >= 0.3 is 10.0 Å². The molecule has 0 amide bonds. The van der Waals surface area contributed by atoms with Crippen molar-refractivity contribution in [1.29, 1.82) is 0 Å². The first-order chi connectivity index (χ1) is 5.91. The average molecular weight is 188 g/mol. The Balaban J connectivity index is 2.73. The third-order valence-electron chi connectivity index (χ3n) is 1.91. The Bertz CT molecular complexity index is 68.9. The van der Waals surface area contributed by atoms with E-state index in [4.69, 9.17) is 9.22 Å². The molecule has 0 unspecified atom stereocenters. The van der Waals surface area contributed by atoms with Crippen molar-refractivity contribution in [2.75, 3.05) is 6.61 Å². The molecular formula is C9H20O2Si. The highest BCUT2D eigenvalue weighted by molar-refractivity contribution is 6.15. The summed E-state index contributed by atoms with van der Waals surface area (Å²) in [5, 5.41) is 0. The van der Waals surface area contributed by atoms with E-state index in [1.54, 1.807) is 0 Å². The smallest absolute Gasteiger partial charge is 0.409 e. The molecule has 0 aliphatic rings. The van der Waals surface area contributed by atoms with Gasteiger partial charge in [-0.3, -0.25) is 0 Å². The number of hydrogen-bond donors (Lipinski definition) is 1. The summed E-state index contributed by atoms with van der Waals surface area (Å²) in [5.41, 5.74) is 0. The Morgan fingerprint density at radius 1 is 1.00 bits per heavy atom. The maximum absolute atomic E-state index is 8.34. The summed E-state index contributed by atoms with van der Waals surface area (Å²) in [7, 11) is -0.330. The molecule has 0 aromatic rings. The van der Waals surface area contributed by atoms with Crippen LogP contribution in [0.15, 0.2) is 0 Å². The van der Waals surface area contributed by atoms with Crippen molar-refractivity contribution in [3.8, 4) is 0 Å². The zero-order valence-electron chi connectivity index (χ0n) is 8.01. The standard InChI is InChI=1S/C9H20O2Si/c1-2-3-4-5-6-7-8-9-11-12-10/h10H,2-9H2,1H3. The molecular weight excluding hydrogens is 168 g/mol. The molecule has 12 heavy (non-hydrogen) atoms. The summed E-state index contributed by atoms with van der Waals surface area (Å²) in [6.45, 7) is 2.96. The Labute approximate surface area is 78.4 Å². The lowest BCUT2D eigenvalue weighted by Gasteiger charge is -2.00. The van der Waals surface area contributed by atoms with Crippen LogP contribution in [0.4, 0.5) is 0 Å². The lowest BCUT2D eigenvalue weighted by atomic mass is 10.1. The van der Waals surface area contributed by atoms with Crippen molar-refractivity contribution in [3.63, 3.8) is 0 Å². The second-order valence-corrected chi connectivity index (χ2v) is 3.53. The van der Waals surface area contributed by atoms with Crippen molar-refractivity contribution in [2.24, 2.45) is 0 Å². The van der Waals surface area contributed by atoms with Crippen molar-refractivity contribution in [2.45, 2.75) is 51.9 Å². The van der Waals surface area contributed by atoms with Crippen LogP contribution in [0.2, 0.25) is 0 Å². The van der Waals surface area contributed by atoms with Gasteiger partial charge in [0.25, 0.3) is 0 Å². The molecule has 72 valence electrons. The summed E-state index contributed by atoms with van der Waals surface area (Å²) in [5.74, 6) is 0. The SMILES string of the molecule is CCCCCCCCCO[Si]O. The van der Waals surface area contributed by atoms with Crippen molar-refractivity contribution in [1.82, 2.24) is 0 Å². The van der Waals surface area contributed by atoms with Crippen LogP contribution in [0.25, 0.3) is 0 Å². The normalized spacial score (nSPS) is 10.5. The lowest BCUT2D eigenvalue weighted by Crippen LogP contribution is -1.98. The number of rotatable bonds is 9. The topological polar surface area (TPSA) is 29.5 Å². The molecule has 0 aliphatic carbocycles. The first kappa shape index (κ1) is 12.1. The van der Waals surface area contributed by atoms with E-state index in [1.807, 2.05) is 0 Å². The first-order valence-electron chi connectivity index (χ1n) is 4.92. The van der Waals surface area contributed by atoms with Crippen molar-refractivity contribution in [3.05, 3.63) is 0 Å². The van der Waals surface area contributed by atoms with E-state index in [-0.39, 0.29) is 10.0 Å². The van der Waals surface area contributed by atoms with Gasteiger partial charge in [-0.25, -0.2) is 0 Å². The van der Waals surface area contributed by atoms with Crippen LogP contribution in [0.1, 0.15) is 51.9 Å². The van der Waals surface area contributed by atoms with Gasteiger partial charge in [0.15, 0.2) is 0 Å². The van der Waals surface area contributed by atoms with E-state index in [2.05, 4.69) is 6.92 Å². The molecule has 0 aromatic carbocycles. The van der Waals surface area contributed by atoms with Gasteiger partial charge in [-0.05, 0) is 6.42 Å². The Hall–Kier alpha value is 0.137. The zero-order valence-corrected chi connectivity index (χ0v) is 9.01. The fourth-order valence-electron chi connectivity index (χ4n) is 1.18. The highest BCUT2D eigenvalue weighted by atomic mass is 28.2.